The van der Waals surface area contributed by atoms with Crippen LogP contribution >= 0.6 is 0 Å². The highest BCUT2D eigenvalue weighted by Gasteiger charge is 2.18. The molecule has 0 spiro atoms. The molecule has 0 amide bonds. The first-order valence-corrected chi connectivity index (χ1v) is 8.89. The average molecular weight is 311 g/mol. The van der Waals surface area contributed by atoms with E-state index in [1.165, 1.54) is 44.9 Å². The molecule has 2 atom stereocenters. The molecule has 0 saturated heterocycles. The summed E-state index contributed by atoms with van der Waals surface area (Å²) in [5.41, 5.74) is 0. The third kappa shape index (κ3) is 14.2. The van der Waals surface area contributed by atoms with Crippen LogP contribution in [0, 0.1) is 5.92 Å². The number of hydrogen-bond acceptors (Lipinski definition) is 4. The Labute approximate surface area is 125 Å². The van der Waals surface area contributed by atoms with Gasteiger partial charge in [-0.3, -0.25) is 4.55 Å². The molecule has 0 aromatic carbocycles. The van der Waals surface area contributed by atoms with Crippen LogP contribution in [-0.2, 0) is 14.6 Å². The van der Waals surface area contributed by atoms with Gasteiger partial charge in [0.25, 0.3) is 0 Å². The number of unbranched alkanes of at least 4 members (excludes halogenated alkanes) is 7. The van der Waals surface area contributed by atoms with Crippen LogP contribution in [0.4, 0.5) is 0 Å². The van der Waals surface area contributed by atoms with E-state index in [4.69, 9.17) is 4.55 Å². The van der Waals surface area contributed by atoms with Crippen molar-refractivity contribution in [3.05, 3.63) is 0 Å². The van der Waals surface area contributed by atoms with Gasteiger partial charge in [0.05, 0.1) is 6.10 Å². The Morgan fingerprint density at radius 3 is 1.85 bits per heavy atom. The Kier molecular flexibility index (Phi) is 13.9. The fourth-order valence-corrected chi connectivity index (χ4v) is 2.69. The van der Waals surface area contributed by atoms with Crippen molar-refractivity contribution in [3.63, 3.8) is 0 Å². The first kappa shape index (κ1) is 22.1. The molecule has 0 fully saturated rings. The molecule has 0 saturated carbocycles. The summed E-state index contributed by atoms with van der Waals surface area (Å²) in [5.74, 6) is 0.141. The van der Waals surface area contributed by atoms with Gasteiger partial charge in [-0.1, -0.05) is 65.2 Å². The lowest BCUT2D eigenvalue weighted by molar-refractivity contribution is 0.140. The van der Waals surface area contributed by atoms with Gasteiger partial charge in [-0.25, -0.2) is 4.18 Å². The molecule has 0 aromatic heterocycles. The second kappa shape index (κ2) is 12.6. The van der Waals surface area contributed by atoms with Crippen LogP contribution < -0.4 is 6.15 Å². The molecule has 2 unspecified atom stereocenters. The summed E-state index contributed by atoms with van der Waals surface area (Å²) in [6.07, 6.45) is 10.6. The molecule has 0 radical (unpaired) electrons. The Balaban J connectivity index is 0. The molecular formula is C14H33NO4S. The summed E-state index contributed by atoms with van der Waals surface area (Å²) in [4.78, 5) is 0. The largest absolute Gasteiger partial charge is 0.397 e. The van der Waals surface area contributed by atoms with Crippen LogP contribution in [-0.4, -0.2) is 19.1 Å². The van der Waals surface area contributed by atoms with Crippen molar-refractivity contribution < 1.29 is 17.2 Å². The van der Waals surface area contributed by atoms with E-state index < -0.39 is 16.5 Å². The van der Waals surface area contributed by atoms with Gasteiger partial charge >= 0.3 is 10.4 Å². The first-order valence-electron chi connectivity index (χ1n) is 7.52. The Morgan fingerprint density at radius 1 is 0.950 bits per heavy atom. The van der Waals surface area contributed by atoms with Crippen molar-refractivity contribution in [2.75, 3.05) is 0 Å². The van der Waals surface area contributed by atoms with Crippen LogP contribution in [0.2, 0.25) is 0 Å². The molecule has 6 heteroatoms. The molecule has 124 valence electrons. The molecule has 0 aliphatic rings. The van der Waals surface area contributed by atoms with Gasteiger partial charge in [0.15, 0.2) is 0 Å². The predicted molar refractivity (Wildman–Crippen MR) is 83.5 cm³/mol. The van der Waals surface area contributed by atoms with E-state index in [1.54, 1.807) is 6.92 Å². The van der Waals surface area contributed by atoms with Gasteiger partial charge in [0.1, 0.15) is 0 Å². The molecular weight excluding hydrogens is 278 g/mol. The van der Waals surface area contributed by atoms with Crippen molar-refractivity contribution >= 4 is 10.4 Å². The van der Waals surface area contributed by atoms with E-state index in [2.05, 4.69) is 11.1 Å². The highest BCUT2D eigenvalue weighted by atomic mass is 32.3. The summed E-state index contributed by atoms with van der Waals surface area (Å²) in [7, 11) is -4.32. The maximum Gasteiger partial charge on any atom is 0.397 e. The molecule has 0 heterocycles. The quantitative estimate of drug-likeness (QED) is 0.407. The summed E-state index contributed by atoms with van der Waals surface area (Å²) in [6, 6.07) is 0. The molecule has 4 N–H and O–H groups in total. The predicted octanol–water partition coefficient (Wildman–Crippen LogP) is 4.52. The van der Waals surface area contributed by atoms with Gasteiger partial charge in [-0.05, 0) is 19.3 Å². The summed E-state index contributed by atoms with van der Waals surface area (Å²) < 4.78 is 34.3. The summed E-state index contributed by atoms with van der Waals surface area (Å²) in [5, 5.41) is 0. The minimum absolute atomic E-state index is 0. The zero-order chi connectivity index (χ0) is 14.7. The van der Waals surface area contributed by atoms with E-state index in [1.807, 2.05) is 6.92 Å². The lowest BCUT2D eigenvalue weighted by atomic mass is 9.98. The standard InChI is InChI=1S/C14H30O4S.H3N/c1-4-5-6-7-8-9-10-11-12-13(2)14(3)18-19(15,16)17;/h13-14H,4-12H2,1-3H3,(H,15,16,17);1H3. The van der Waals surface area contributed by atoms with E-state index in [9.17, 15) is 8.42 Å². The van der Waals surface area contributed by atoms with Gasteiger partial charge in [-0.15, -0.1) is 0 Å². The summed E-state index contributed by atoms with van der Waals surface area (Å²) >= 11 is 0. The highest BCUT2D eigenvalue weighted by Crippen LogP contribution is 2.18. The van der Waals surface area contributed by atoms with Gasteiger partial charge < -0.3 is 6.15 Å². The maximum atomic E-state index is 10.6. The molecule has 0 rings (SSSR count). The summed E-state index contributed by atoms with van der Waals surface area (Å²) in [6.45, 7) is 5.86. The normalized spacial score (nSPS) is 14.6. The zero-order valence-electron chi connectivity index (χ0n) is 13.3. The van der Waals surface area contributed by atoms with Crippen molar-refractivity contribution in [2.45, 2.75) is 84.7 Å². The van der Waals surface area contributed by atoms with E-state index in [0.717, 1.165) is 12.8 Å². The van der Waals surface area contributed by atoms with Gasteiger partial charge in [0, 0.05) is 0 Å². The minimum Gasteiger partial charge on any atom is -0.344 e. The topological polar surface area (TPSA) is 98.6 Å². The zero-order valence-corrected chi connectivity index (χ0v) is 14.1. The van der Waals surface area contributed by atoms with Crippen LogP contribution in [0.25, 0.3) is 0 Å². The second-order valence-electron chi connectivity index (χ2n) is 5.47. The fraction of sp³-hybridized carbons (Fsp3) is 1.00. The van der Waals surface area contributed by atoms with Gasteiger partial charge in [-0.2, -0.15) is 8.42 Å². The Morgan fingerprint density at radius 2 is 1.40 bits per heavy atom. The molecule has 0 aliphatic carbocycles. The minimum atomic E-state index is -4.32. The Hall–Kier alpha value is -0.170. The monoisotopic (exact) mass is 311 g/mol. The van der Waals surface area contributed by atoms with E-state index in [0.29, 0.717) is 0 Å². The van der Waals surface area contributed by atoms with Crippen molar-refractivity contribution in [3.8, 4) is 0 Å². The Bertz CT molecular complexity index is 306. The molecule has 20 heavy (non-hydrogen) atoms. The molecule has 0 bridgehead atoms. The molecule has 0 aromatic rings. The van der Waals surface area contributed by atoms with Crippen LogP contribution in [0.5, 0.6) is 0 Å². The fourth-order valence-electron chi connectivity index (χ4n) is 2.12. The number of hydrogen-bond donors (Lipinski definition) is 2. The number of rotatable bonds is 12. The van der Waals surface area contributed by atoms with E-state index >= 15 is 0 Å². The SMILES string of the molecule is CCCCCCCCCCC(C)C(C)OS(=O)(=O)O.N. The van der Waals surface area contributed by atoms with E-state index in [-0.39, 0.29) is 12.1 Å². The second-order valence-corrected chi connectivity index (χ2v) is 6.52. The highest BCUT2D eigenvalue weighted by molar-refractivity contribution is 7.80. The third-order valence-electron chi connectivity index (χ3n) is 3.59. The van der Waals surface area contributed by atoms with Crippen LogP contribution in [0.3, 0.4) is 0 Å². The third-order valence-corrected chi connectivity index (χ3v) is 4.13. The van der Waals surface area contributed by atoms with Crippen molar-refractivity contribution in [1.82, 2.24) is 6.15 Å². The maximum absolute atomic E-state index is 10.6. The lowest BCUT2D eigenvalue weighted by Crippen LogP contribution is -2.21. The lowest BCUT2D eigenvalue weighted by Gasteiger charge is -2.18. The molecule has 5 nitrogen and oxygen atoms in total. The van der Waals surface area contributed by atoms with Crippen molar-refractivity contribution in [2.24, 2.45) is 5.92 Å². The van der Waals surface area contributed by atoms with Crippen molar-refractivity contribution in [1.29, 1.82) is 0 Å². The average Bonchev–Trinajstić information content (AvgIpc) is 2.30. The molecule has 0 aliphatic heterocycles. The smallest absolute Gasteiger partial charge is 0.344 e. The first-order chi connectivity index (χ1) is 8.87. The van der Waals surface area contributed by atoms with Crippen LogP contribution in [0.1, 0.15) is 78.6 Å². The van der Waals surface area contributed by atoms with Crippen LogP contribution in [0.15, 0.2) is 0 Å². The van der Waals surface area contributed by atoms with Gasteiger partial charge in [0.2, 0.25) is 0 Å².